The van der Waals surface area contributed by atoms with Crippen LogP contribution in [-0.2, 0) is 5.54 Å². The number of benzene rings is 3. The summed E-state index contributed by atoms with van der Waals surface area (Å²) in [7, 11) is 0. The van der Waals surface area contributed by atoms with E-state index in [0.717, 1.165) is 22.4 Å². The third-order valence-corrected chi connectivity index (χ3v) is 4.89. The molecule has 0 atom stereocenters. The highest BCUT2D eigenvalue weighted by Crippen LogP contribution is 2.40. The van der Waals surface area contributed by atoms with Crippen LogP contribution in [0.25, 0.3) is 6.08 Å². The quantitative estimate of drug-likeness (QED) is 0.359. The molecular weight excluding hydrogens is 342 g/mol. The molecular formula is C25H19N3. The highest BCUT2D eigenvalue weighted by atomic mass is 15.1. The molecule has 0 aliphatic carbocycles. The van der Waals surface area contributed by atoms with Crippen LogP contribution in [0, 0.1) is 11.3 Å². The van der Waals surface area contributed by atoms with Gasteiger partial charge in [-0.15, -0.1) is 0 Å². The summed E-state index contributed by atoms with van der Waals surface area (Å²) in [5, 5.41) is 8.86. The first kappa shape index (κ1) is 17.5. The zero-order valence-corrected chi connectivity index (χ0v) is 15.3. The van der Waals surface area contributed by atoms with Crippen LogP contribution in [0.1, 0.15) is 22.4 Å². The van der Waals surface area contributed by atoms with Crippen LogP contribution in [0.3, 0.4) is 0 Å². The topological polar surface area (TPSA) is 41.6 Å². The molecule has 3 nitrogen and oxygen atoms in total. The van der Waals surface area contributed by atoms with Crippen LogP contribution in [0.4, 0.5) is 0 Å². The number of nitrogens with zero attached hydrogens (tertiary/aromatic N) is 3. The van der Waals surface area contributed by atoms with Gasteiger partial charge in [-0.1, -0.05) is 91.0 Å². The normalized spacial score (nSPS) is 11.4. The molecule has 0 unspecified atom stereocenters. The van der Waals surface area contributed by atoms with Crippen molar-refractivity contribution < 1.29 is 0 Å². The summed E-state index contributed by atoms with van der Waals surface area (Å²) in [5.41, 5.74) is 3.59. The standard InChI is InChI=1S/C25H19N3/c26-18-10-17-24-19-28(20-27-24)25(21-11-4-1-5-12-21,22-13-6-2-7-14-22)23-15-8-3-9-16-23/h1-17,19-20H/b17-10+. The lowest BCUT2D eigenvalue weighted by atomic mass is 9.77. The van der Waals surface area contributed by atoms with E-state index in [1.807, 2.05) is 36.8 Å². The van der Waals surface area contributed by atoms with Crippen LogP contribution < -0.4 is 0 Å². The van der Waals surface area contributed by atoms with E-state index < -0.39 is 5.54 Å². The fourth-order valence-corrected chi connectivity index (χ4v) is 3.72. The summed E-state index contributed by atoms with van der Waals surface area (Å²) < 4.78 is 2.13. The lowest BCUT2D eigenvalue weighted by Gasteiger charge is -2.37. The highest BCUT2D eigenvalue weighted by molar-refractivity contribution is 5.52. The van der Waals surface area contributed by atoms with E-state index in [4.69, 9.17) is 5.26 Å². The second-order valence-electron chi connectivity index (χ2n) is 6.48. The van der Waals surface area contributed by atoms with Crippen molar-refractivity contribution in [1.82, 2.24) is 9.55 Å². The first-order valence-electron chi connectivity index (χ1n) is 9.13. The van der Waals surface area contributed by atoms with Crippen molar-refractivity contribution in [2.75, 3.05) is 0 Å². The Hall–Kier alpha value is -3.90. The Morgan fingerprint density at radius 1 is 0.750 bits per heavy atom. The maximum absolute atomic E-state index is 8.86. The van der Waals surface area contributed by atoms with Gasteiger partial charge >= 0.3 is 0 Å². The van der Waals surface area contributed by atoms with Crippen LogP contribution in [0.15, 0.2) is 110 Å². The smallest absolute Gasteiger partial charge is 0.121 e. The Balaban J connectivity index is 2.06. The largest absolute Gasteiger partial charge is 0.318 e. The number of hydrogen-bond acceptors (Lipinski definition) is 2. The average Bonchev–Trinajstić information content (AvgIpc) is 3.24. The molecule has 0 saturated heterocycles. The molecule has 28 heavy (non-hydrogen) atoms. The molecule has 0 amide bonds. The maximum Gasteiger partial charge on any atom is 0.121 e. The second-order valence-corrected chi connectivity index (χ2v) is 6.48. The number of allylic oxidation sites excluding steroid dienone is 1. The van der Waals surface area contributed by atoms with Gasteiger partial charge < -0.3 is 4.57 Å². The molecule has 1 heterocycles. The third kappa shape index (κ3) is 3.02. The van der Waals surface area contributed by atoms with Crippen molar-refractivity contribution >= 4 is 6.08 Å². The molecule has 4 rings (SSSR count). The van der Waals surface area contributed by atoms with Gasteiger partial charge in [0.05, 0.1) is 18.1 Å². The fourth-order valence-electron chi connectivity index (χ4n) is 3.72. The first-order valence-corrected chi connectivity index (χ1v) is 9.13. The summed E-state index contributed by atoms with van der Waals surface area (Å²) in [6.07, 6.45) is 7.00. The Bertz CT molecular complexity index is 1010. The Morgan fingerprint density at radius 2 is 1.21 bits per heavy atom. The van der Waals surface area contributed by atoms with Gasteiger partial charge in [0.25, 0.3) is 0 Å². The molecule has 3 aromatic carbocycles. The molecule has 0 N–H and O–H groups in total. The van der Waals surface area contributed by atoms with E-state index in [-0.39, 0.29) is 0 Å². The molecule has 0 radical (unpaired) electrons. The summed E-state index contributed by atoms with van der Waals surface area (Å²) in [5.74, 6) is 0. The molecule has 0 fully saturated rings. The van der Waals surface area contributed by atoms with Gasteiger partial charge in [-0.25, -0.2) is 4.98 Å². The van der Waals surface area contributed by atoms with E-state index in [1.165, 1.54) is 6.08 Å². The number of aromatic nitrogens is 2. The number of rotatable bonds is 5. The van der Waals surface area contributed by atoms with E-state index in [2.05, 4.69) is 82.3 Å². The molecule has 134 valence electrons. The maximum atomic E-state index is 8.86. The molecule has 0 saturated carbocycles. The number of hydrogen-bond donors (Lipinski definition) is 0. The van der Waals surface area contributed by atoms with Crippen molar-refractivity contribution in [3.05, 3.63) is 132 Å². The van der Waals surface area contributed by atoms with Crippen LogP contribution in [0.5, 0.6) is 0 Å². The predicted octanol–water partition coefficient (Wildman–Crippen LogP) is 5.26. The van der Waals surface area contributed by atoms with Gasteiger partial charge in [0.15, 0.2) is 0 Å². The molecule has 4 aromatic rings. The van der Waals surface area contributed by atoms with Gasteiger partial charge in [0.2, 0.25) is 0 Å². The Kier molecular flexibility index (Phi) is 4.86. The monoisotopic (exact) mass is 361 g/mol. The third-order valence-electron chi connectivity index (χ3n) is 4.89. The van der Waals surface area contributed by atoms with Gasteiger partial charge in [0, 0.05) is 12.3 Å². The Labute approximate surface area is 164 Å². The lowest BCUT2D eigenvalue weighted by molar-refractivity contribution is 0.514. The summed E-state index contributed by atoms with van der Waals surface area (Å²) in [4.78, 5) is 4.52. The predicted molar refractivity (Wildman–Crippen MR) is 111 cm³/mol. The molecule has 0 spiro atoms. The van der Waals surface area contributed by atoms with E-state index in [9.17, 15) is 0 Å². The highest BCUT2D eigenvalue weighted by Gasteiger charge is 2.38. The minimum atomic E-state index is -0.574. The number of nitriles is 1. The average molecular weight is 361 g/mol. The van der Waals surface area contributed by atoms with Crippen molar-refractivity contribution in [2.45, 2.75) is 5.54 Å². The second kappa shape index (κ2) is 7.77. The SMILES string of the molecule is N#C/C=C/c1cn(C(c2ccccc2)(c2ccccc2)c2ccccc2)cn1. The molecule has 1 aromatic heterocycles. The summed E-state index contributed by atoms with van der Waals surface area (Å²) in [6, 6.07) is 33.3. The minimum absolute atomic E-state index is 0.574. The first-order chi connectivity index (χ1) is 13.9. The summed E-state index contributed by atoms with van der Waals surface area (Å²) >= 11 is 0. The van der Waals surface area contributed by atoms with Gasteiger partial charge in [-0.3, -0.25) is 0 Å². The van der Waals surface area contributed by atoms with Gasteiger partial charge in [-0.2, -0.15) is 5.26 Å². The van der Waals surface area contributed by atoms with E-state index in [1.54, 1.807) is 6.08 Å². The lowest BCUT2D eigenvalue weighted by Crippen LogP contribution is -2.36. The molecule has 0 aliphatic rings. The van der Waals surface area contributed by atoms with Crippen molar-refractivity contribution in [3.63, 3.8) is 0 Å². The molecule has 0 aliphatic heterocycles. The van der Waals surface area contributed by atoms with Gasteiger partial charge in [0.1, 0.15) is 5.54 Å². The minimum Gasteiger partial charge on any atom is -0.318 e. The Morgan fingerprint density at radius 3 is 1.64 bits per heavy atom. The van der Waals surface area contributed by atoms with Crippen molar-refractivity contribution in [3.8, 4) is 6.07 Å². The molecule has 0 bridgehead atoms. The van der Waals surface area contributed by atoms with Gasteiger partial charge in [-0.05, 0) is 22.8 Å². The zero-order chi connectivity index (χ0) is 19.2. The van der Waals surface area contributed by atoms with Crippen molar-refractivity contribution in [1.29, 1.82) is 5.26 Å². The van der Waals surface area contributed by atoms with Crippen LogP contribution in [-0.4, -0.2) is 9.55 Å². The van der Waals surface area contributed by atoms with Crippen LogP contribution >= 0.6 is 0 Å². The zero-order valence-electron chi connectivity index (χ0n) is 15.3. The van der Waals surface area contributed by atoms with Crippen LogP contribution in [0.2, 0.25) is 0 Å². The molecule has 3 heteroatoms. The number of imidazole rings is 1. The van der Waals surface area contributed by atoms with Crippen molar-refractivity contribution in [2.24, 2.45) is 0 Å². The fraction of sp³-hybridized carbons (Fsp3) is 0.0400. The summed E-state index contributed by atoms with van der Waals surface area (Å²) in [6.45, 7) is 0. The van der Waals surface area contributed by atoms with E-state index in [0.29, 0.717) is 0 Å². The van der Waals surface area contributed by atoms with E-state index >= 15 is 0 Å².